The number of hydrogen-bond acceptors (Lipinski definition) is 5. The Balaban J connectivity index is 1.22. The van der Waals surface area contributed by atoms with Crippen molar-refractivity contribution in [1.82, 2.24) is 10.3 Å². The Hall–Kier alpha value is -4.41. The second kappa shape index (κ2) is 9.11. The molecule has 0 saturated heterocycles. The molecule has 1 aliphatic carbocycles. The molecule has 2 N–H and O–H groups in total. The van der Waals surface area contributed by atoms with Crippen LogP contribution >= 0.6 is 0 Å². The number of benzene rings is 2. The Morgan fingerprint density at radius 2 is 1.95 bits per heavy atom. The lowest BCUT2D eigenvalue weighted by Gasteiger charge is -2.33. The number of anilines is 2. The number of pyridine rings is 1. The van der Waals surface area contributed by atoms with E-state index in [9.17, 15) is 27.6 Å². The molecule has 0 radical (unpaired) electrons. The van der Waals surface area contributed by atoms with Crippen LogP contribution in [0.2, 0.25) is 0 Å². The number of nitrogens with zero attached hydrogens (tertiary/aromatic N) is 2. The van der Waals surface area contributed by atoms with E-state index in [1.807, 2.05) is 6.07 Å². The summed E-state index contributed by atoms with van der Waals surface area (Å²) in [5.41, 5.74) is 2.21. The number of alkyl halides is 3. The summed E-state index contributed by atoms with van der Waals surface area (Å²) in [5.74, 6) is -0.919. The number of aryl methyl sites for hydroxylation is 1. The fraction of sp³-hybridized carbons (Fsp3) is 0.286. The third-order valence-corrected chi connectivity index (χ3v) is 7.54. The van der Waals surface area contributed by atoms with Gasteiger partial charge in [-0.05, 0) is 60.7 Å². The minimum Gasteiger partial charge on any atom is -0.489 e. The maximum absolute atomic E-state index is 13.3. The zero-order valence-electron chi connectivity index (χ0n) is 20.5. The Kier molecular flexibility index (Phi) is 5.81. The number of carbonyl (C=O) groups is 3. The standard InChI is InChI=1S/C28H23F3N4O4/c29-28(30,31)15-35-21-5-1-2-6-22(21)39-14-20(25(35)37)33-24(36)17-7-8-18-13-27(10-9-16(18)12-17)19-4-3-11-32-23(19)34-26(27)38/h1-8,11-12,20H,9-10,13-15H2,(H,33,36)(H,32,34,38)/t20-,27?/m1/s1. The van der Waals surface area contributed by atoms with Crippen molar-refractivity contribution < 1.29 is 32.3 Å². The Morgan fingerprint density at radius 1 is 1.13 bits per heavy atom. The van der Waals surface area contributed by atoms with Crippen molar-refractivity contribution in [2.75, 3.05) is 23.4 Å². The summed E-state index contributed by atoms with van der Waals surface area (Å²) in [4.78, 5) is 44.1. The van der Waals surface area contributed by atoms with E-state index in [-0.39, 0.29) is 29.5 Å². The minimum atomic E-state index is -4.65. The normalized spacial score (nSPS) is 21.8. The fourth-order valence-electron chi connectivity index (χ4n) is 5.64. The van der Waals surface area contributed by atoms with E-state index in [2.05, 4.69) is 15.6 Å². The summed E-state index contributed by atoms with van der Waals surface area (Å²) in [5, 5.41) is 5.42. The minimum absolute atomic E-state index is 0.00740. The lowest BCUT2D eigenvalue weighted by Crippen LogP contribution is -2.52. The first-order valence-corrected chi connectivity index (χ1v) is 12.4. The highest BCUT2D eigenvalue weighted by atomic mass is 19.4. The molecule has 11 heteroatoms. The van der Waals surface area contributed by atoms with Gasteiger partial charge in [0.2, 0.25) is 5.91 Å². The predicted octanol–water partition coefficient (Wildman–Crippen LogP) is 3.55. The number of rotatable bonds is 3. The molecule has 3 heterocycles. The van der Waals surface area contributed by atoms with Crippen LogP contribution in [0, 0.1) is 0 Å². The highest BCUT2D eigenvalue weighted by molar-refractivity contribution is 6.06. The van der Waals surface area contributed by atoms with E-state index in [1.54, 1.807) is 36.5 Å². The first-order chi connectivity index (χ1) is 18.6. The molecule has 200 valence electrons. The Bertz CT molecular complexity index is 1510. The number of hydrogen-bond donors (Lipinski definition) is 2. The van der Waals surface area contributed by atoms with Crippen molar-refractivity contribution in [3.63, 3.8) is 0 Å². The monoisotopic (exact) mass is 536 g/mol. The van der Waals surface area contributed by atoms with Crippen molar-refractivity contribution in [2.24, 2.45) is 0 Å². The van der Waals surface area contributed by atoms with Gasteiger partial charge in [0.05, 0.1) is 11.1 Å². The molecule has 0 saturated carbocycles. The van der Waals surface area contributed by atoms with Crippen LogP contribution < -0.4 is 20.3 Å². The van der Waals surface area contributed by atoms with Crippen molar-refractivity contribution in [3.8, 4) is 5.75 Å². The number of ether oxygens (including phenoxy) is 1. The third kappa shape index (κ3) is 4.37. The average Bonchev–Trinajstić information content (AvgIpc) is 3.11. The molecule has 3 amide bonds. The van der Waals surface area contributed by atoms with Crippen LogP contribution in [-0.4, -0.2) is 48.1 Å². The van der Waals surface area contributed by atoms with Crippen molar-refractivity contribution >= 4 is 29.2 Å². The molecule has 3 aliphatic rings. The molecule has 6 rings (SSSR count). The molecule has 3 aromatic rings. The molecule has 2 aliphatic heterocycles. The molecule has 2 aromatic carbocycles. The molecule has 0 fully saturated rings. The van der Waals surface area contributed by atoms with E-state index in [0.717, 1.165) is 16.7 Å². The van der Waals surface area contributed by atoms with E-state index in [1.165, 1.54) is 18.2 Å². The molecule has 1 aromatic heterocycles. The van der Waals surface area contributed by atoms with Gasteiger partial charge in [0.15, 0.2) is 0 Å². The molecule has 1 unspecified atom stereocenters. The van der Waals surface area contributed by atoms with Crippen LogP contribution in [-0.2, 0) is 27.8 Å². The van der Waals surface area contributed by atoms with E-state index >= 15 is 0 Å². The molecule has 2 atom stereocenters. The van der Waals surface area contributed by atoms with Crippen LogP contribution in [0.3, 0.4) is 0 Å². The van der Waals surface area contributed by atoms with E-state index < -0.39 is 36.0 Å². The largest absolute Gasteiger partial charge is 0.489 e. The van der Waals surface area contributed by atoms with Crippen LogP contribution in [0.25, 0.3) is 0 Å². The SMILES string of the molecule is O=C(N[C@@H]1COc2ccccc2N(CC(F)(F)F)C1=O)c1ccc2c(c1)CCC1(C2)C(=O)Nc2ncccc21. The first-order valence-electron chi connectivity index (χ1n) is 12.4. The topological polar surface area (TPSA) is 101 Å². The van der Waals surface area contributed by atoms with Gasteiger partial charge in [-0.3, -0.25) is 19.3 Å². The van der Waals surface area contributed by atoms with Gasteiger partial charge in [0.1, 0.15) is 30.8 Å². The van der Waals surface area contributed by atoms with Crippen LogP contribution in [0.1, 0.15) is 33.5 Å². The maximum atomic E-state index is 13.3. The van der Waals surface area contributed by atoms with Gasteiger partial charge >= 0.3 is 6.18 Å². The lowest BCUT2D eigenvalue weighted by atomic mass is 9.68. The van der Waals surface area contributed by atoms with Gasteiger partial charge in [0.25, 0.3) is 11.8 Å². The molecule has 8 nitrogen and oxygen atoms in total. The molecule has 1 spiro atoms. The van der Waals surface area contributed by atoms with Crippen molar-refractivity contribution in [2.45, 2.75) is 36.9 Å². The van der Waals surface area contributed by atoms with Gasteiger partial charge in [-0.15, -0.1) is 0 Å². The average molecular weight is 537 g/mol. The van der Waals surface area contributed by atoms with Crippen LogP contribution in [0.5, 0.6) is 5.75 Å². The summed E-state index contributed by atoms with van der Waals surface area (Å²) in [6.45, 7) is -1.82. The molecular formula is C28H23F3N4O4. The summed E-state index contributed by atoms with van der Waals surface area (Å²) < 4.78 is 45.6. The quantitative estimate of drug-likeness (QED) is 0.534. The summed E-state index contributed by atoms with van der Waals surface area (Å²) in [6.07, 6.45) is -1.49. The molecule has 0 bridgehead atoms. The van der Waals surface area contributed by atoms with Gasteiger partial charge in [-0.2, -0.15) is 13.2 Å². The number of para-hydroxylation sites is 2. The van der Waals surface area contributed by atoms with E-state index in [4.69, 9.17) is 4.74 Å². The second-order valence-corrected chi connectivity index (χ2v) is 9.94. The van der Waals surface area contributed by atoms with Crippen molar-refractivity contribution in [1.29, 1.82) is 0 Å². The van der Waals surface area contributed by atoms with Gasteiger partial charge in [-0.25, -0.2) is 4.98 Å². The second-order valence-electron chi connectivity index (χ2n) is 9.94. The van der Waals surface area contributed by atoms with Gasteiger partial charge in [-0.1, -0.05) is 24.3 Å². The third-order valence-electron chi connectivity index (χ3n) is 7.54. The zero-order chi connectivity index (χ0) is 27.4. The van der Waals surface area contributed by atoms with Crippen LogP contribution in [0.4, 0.5) is 24.7 Å². The Morgan fingerprint density at radius 3 is 2.77 bits per heavy atom. The maximum Gasteiger partial charge on any atom is 0.406 e. The van der Waals surface area contributed by atoms with E-state index in [0.29, 0.717) is 30.0 Å². The zero-order valence-corrected chi connectivity index (χ0v) is 20.5. The molecular weight excluding hydrogens is 513 g/mol. The summed E-state index contributed by atoms with van der Waals surface area (Å²) in [6, 6.07) is 13.4. The molecule has 39 heavy (non-hydrogen) atoms. The van der Waals surface area contributed by atoms with Gasteiger partial charge in [0, 0.05) is 17.3 Å². The van der Waals surface area contributed by atoms with Crippen LogP contribution in [0.15, 0.2) is 60.8 Å². The fourth-order valence-corrected chi connectivity index (χ4v) is 5.64. The number of carbonyl (C=O) groups excluding carboxylic acids is 3. The van der Waals surface area contributed by atoms with Crippen molar-refractivity contribution in [3.05, 3.63) is 83.0 Å². The number of nitrogens with one attached hydrogen (secondary N) is 2. The lowest BCUT2D eigenvalue weighted by molar-refractivity contribution is -0.133. The van der Waals surface area contributed by atoms with Gasteiger partial charge < -0.3 is 15.4 Å². The number of aromatic nitrogens is 1. The summed E-state index contributed by atoms with van der Waals surface area (Å²) in [7, 11) is 0. The summed E-state index contributed by atoms with van der Waals surface area (Å²) >= 11 is 0. The number of halogens is 3. The highest BCUT2D eigenvalue weighted by Gasteiger charge is 2.49. The predicted molar refractivity (Wildman–Crippen MR) is 135 cm³/mol. The number of amides is 3. The first kappa shape index (κ1) is 24.9. The Labute approximate surface area is 221 Å². The highest BCUT2D eigenvalue weighted by Crippen LogP contribution is 2.45. The number of fused-ring (bicyclic) bond motifs is 4. The smallest absolute Gasteiger partial charge is 0.406 e.